The normalized spacial score (nSPS) is 12.2. The molecular formula is C14H16BrN3O. The zero-order chi connectivity index (χ0) is 13.7. The molecule has 5 heteroatoms. The third kappa shape index (κ3) is 3.75. The molecule has 0 radical (unpaired) electrons. The number of rotatable bonds is 5. The lowest BCUT2D eigenvalue weighted by atomic mass is 10.2. The van der Waals surface area contributed by atoms with Crippen LogP contribution in [0.4, 0.5) is 0 Å². The predicted molar refractivity (Wildman–Crippen MR) is 78.0 cm³/mol. The average molecular weight is 322 g/mol. The maximum absolute atomic E-state index is 5.25. The van der Waals surface area contributed by atoms with E-state index in [0.717, 1.165) is 15.7 Å². The molecule has 2 aromatic rings. The minimum Gasteiger partial charge on any atom is -0.481 e. The molecule has 19 heavy (non-hydrogen) atoms. The van der Waals surface area contributed by atoms with Gasteiger partial charge in [-0.15, -0.1) is 0 Å². The Hall–Kier alpha value is -1.46. The fourth-order valence-electron chi connectivity index (χ4n) is 1.78. The summed E-state index contributed by atoms with van der Waals surface area (Å²) in [6.45, 7) is 2.76. The van der Waals surface area contributed by atoms with Crippen LogP contribution in [0.2, 0.25) is 0 Å². The molecule has 4 nitrogen and oxygen atoms in total. The summed E-state index contributed by atoms with van der Waals surface area (Å²) in [5.74, 6) is 0.643. The van der Waals surface area contributed by atoms with Crippen molar-refractivity contribution in [2.45, 2.75) is 19.5 Å². The van der Waals surface area contributed by atoms with Crippen LogP contribution in [0.5, 0.6) is 5.88 Å². The summed E-state index contributed by atoms with van der Waals surface area (Å²) in [4.78, 5) is 8.56. The molecule has 0 aliphatic heterocycles. The van der Waals surface area contributed by atoms with Crippen LogP contribution in [0.25, 0.3) is 0 Å². The van der Waals surface area contributed by atoms with Gasteiger partial charge in [0.25, 0.3) is 0 Å². The van der Waals surface area contributed by atoms with Gasteiger partial charge in [0.1, 0.15) is 0 Å². The number of pyridine rings is 2. The molecule has 0 aromatic carbocycles. The van der Waals surface area contributed by atoms with E-state index in [-0.39, 0.29) is 6.04 Å². The number of methoxy groups -OCH3 is 1. The van der Waals surface area contributed by atoms with E-state index in [0.29, 0.717) is 12.4 Å². The van der Waals surface area contributed by atoms with Crippen LogP contribution < -0.4 is 10.1 Å². The van der Waals surface area contributed by atoms with Crippen molar-refractivity contribution in [2.24, 2.45) is 0 Å². The van der Waals surface area contributed by atoms with Crippen LogP contribution in [-0.4, -0.2) is 17.1 Å². The molecule has 0 saturated carbocycles. The van der Waals surface area contributed by atoms with Crippen molar-refractivity contribution in [1.29, 1.82) is 0 Å². The Kier molecular flexibility index (Phi) is 4.87. The number of nitrogens with one attached hydrogen (secondary N) is 1. The minimum atomic E-state index is 0.171. The number of aromatic nitrogens is 2. The van der Waals surface area contributed by atoms with Gasteiger partial charge in [0.05, 0.1) is 12.8 Å². The van der Waals surface area contributed by atoms with E-state index in [4.69, 9.17) is 4.74 Å². The third-order valence-corrected chi connectivity index (χ3v) is 3.25. The average Bonchev–Trinajstić information content (AvgIpc) is 2.46. The van der Waals surface area contributed by atoms with E-state index in [9.17, 15) is 0 Å². The van der Waals surface area contributed by atoms with Gasteiger partial charge in [-0.2, -0.15) is 0 Å². The smallest absolute Gasteiger partial charge is 0.217 e. The second-order valence-electron chi connectivity index (χ2n) is 4.18. The SMILES string of the molecule is COc1ncc(Br)cc1CNC(C)c1ccccn1. The summed E-state index contributed by atoms with van der Waals surface area (Å²) in [6, 6.07) is 8.09. The number of ether oxygens (including phenoxy) is 1. The molecule has 0 saturated heterocycles. The quantitative estimate of drug-likeness (QED) is 0.919. The molecular weight excluding hydrogens is 306 g/mol. The van der Waals surface area contributed by atoms with E-state index < -0.39 is 0 Å². The van der Waals surface area contributed by atoms with Crippen molar-refractivity contribution in [3.05, 3.63) is 52.4 Å². The fourth-order valence-corrected chi connectivity index (χ4v) is 2.16. The van der Waals surface area contributed by atoms with Gasteiger partial charge in [0.15, 0.2) is 0 Å². The van der Waals surface area contributed by atoms with Crippen LogP contribution in [-0.2, 0) is 6.54 Å². The number of nitrogens with zero attached hydrogens (tertiary/aromatic N) is 2. The summed E-state index contributed by atoms with van der Waals surface area (Å²) < 4.78 is 6.19. The molecule has 1 unspecified atom stereocenters. The van der Waals surface area contributed by atoms with Crippen molar-refractivity contribution < 1.29 is 4.74 Å². The van der Waals surface area contributed by atoms with Crippen molar-refractivity contribution in [2.75, 3.05) is 7.11 Å². The number of hydrogen-bond acceptors (Lipinski definition) is 4. The summed E-state index contributed by atoms with van der Waals surface area (Å²) in [6.07, 6.45) is 3.53. The standard InChI is InChI=1S/C14H16BrN3O/c1-10(13-5-3-4-6-16-13)17-8-11-7-12(15)9-18-14(11)19-2/h3-7,9-10,17H,8H2,1-2H3. The summed E-state index contributed by atoms with van der Waals surface area (Å²) >= 11 is 3.42. The van der Waals surface area contributed by atoms with Gasteiger partial charge >= 0.3 is 0 Å². The first-order valence-electron chi connectivity index (χ1n) is 6.03. The van der Waals surface area contributed by atoms with Gasteiger partial charge in [-0.05, 0) is 41.1 Å². The van der Waals surface area contributed by atoms with Gasteiger partial charge in [0, 0.05) is 35.0 Å². The maximum atomic E-state index is 5.25. The molecule has 1 N–H and O–H groups in total. The molecule has 0 bridgehead atoms. The van der Waals surface area contributed by atoms with Crippen LogP contribution in [0.15, 0.2) is 41.1 Å². The zero-order valence-corrected chi connectivity index (χ0v) is 12.5. The molecule has 100 valence electrons. The van der Waals surface area contributed by atoms with Gasteiger partial charge in [-0.3, -0.25) is 4.98 Å². The molecule has 2 aromatic heterocycles. The Bertz CT molecular complexity index is 533. The van der Waals surface area contributed by atoms with E-state index in [2.05, 4.69) is 38.1 Å². The third-order valence-electron chi connectivity index (χ3n) is 2.82. The monoisotopic (exact) mass is 321 g/mol. The van der Waals surface area contributed by atoms with E-state index in [1.807, 2.05) is 24.3 Å². The molecule has 0 spiro atoms. The first kappa shape index (κ1) is 14.0. The summed E-state index contributed by atoms with van der Waals surface area (Å²) in [7, 11) is 1.63. The van der Waals surface area contributed by atoms with Crippen LogP contribution in [0.1, 0.15) is 24.2 Å². The highest BCUT2D eigenvalue weighted by Crippen LogP contribution is 2.20. The first-order valence-corrected chi connectivity index (χ1v) is 6.82. The second-order valence-corrected chi connectivity index (χ2v) is 5.09. The lowest BCUT2D eigenvalue weighted by Crippen LogP contribution is -2.19. The Balaban J connectivity index is 2.04. The Morgan fingerprint density at radius 1 is 1.37 bits per heavy atom. The lowest BCUT2D eigenvalue weighted by Gasteiger charge is -2.14. The van der Waals surface area contributed by atoms with Crippen molar-refractivity contribution in [3.63, 3.8) is 0 Å². The summed E-state index contributed by atoms with van der Waals surface area (Å²) in [5, 5.41) is 3.41. The highest BCUT2D eigenvalue weighted by atomic mass is 79.9. The number of hydrogen-bond donors (Lipinski definition) is 1. The Morgan fingerprint density at radius 2 is 2.21 bits per heavy atom. The molecule has 2 rings (SSSR count). The van der Waals surface area contributed by atoms with E-state index >= 15 is 0 Å². The van der Waals surface area contributed by atoms with Crippen LogP contribution in [0, 0.1) is 0 Å². The summed E-state index contributed by atoms with van der Waals surface area (Å²) in [5.41, 5.74) is 2.03. The minimum absolute atomic E-state index is 0.171. The van der Waals surface area contributed by atoms with Crippen molar-refractivity contribution in [3.8, 4) is 5.88 Å². The topological polar surface area (TPSA) is 47.0 Å². The van der Waals surface area contributed by atoms with Crippen LogP contribution in [0.3, 0.4) is 0 Å². The van der Waals surface area contributed by atoms with Gasteiger partial charge in [0.2, 0.25) is 5.88 Å². The fraction of sp³-hybridized carbons (Fsp3) is 0.286. The second kappa shape index (κ2) is 6.63. The van der Waals surface area contributed by atoms with E-state index in [1.54, 1.807) is 19.5 Å². The molecule has 0 amide bonds. The van der Waals surface area contributed by atoms with Gasteiger partial charge < -0.3 is 10.1 Å². The number of halogens is 1. The van der Waals surface area contributed by atoms with Gasteiger partial charge in [-0.1, -0.05) is 6.07 Å². The predicted octanol–water partition coefficient (Wildman–Crippen LogP) is 3.10. The Morgan fingerprint density at radius 3 is 2.89 bits per heavy atom. The largest absolute Gasteiger partial charge is 0.481 e. The lowest BCUT2D eigenvalue weighted by molar-refractivity contribution is 0.388. The van der Waals surface area contributed by atoms with Crippen molar-refractivity contribution >= 4 is 15.9 Å². The molecule has 0 fully saturated rings. The molecule has 2 heterocycles. The van der Waals surface area contributed by atoms with Crippen molar-refractivity contribution in [1.82, 2.24) is 15.3 Å². The first-order chi connectivity index (χ1) is 9.20. The molecule has 0 aliphatic rings. The molecule has 0 aliphatic carbocycles. The highest BCUT2D eigenvalue weighted by molar-refractivity contribution is 9.10. The molecule has 1 atom stereocenters. The maximum Gasteiger partial charge on any atom is 0.217 e. The van der Waals surface area contributed by atoms with Gasteiger partial charge in [-0.25, -0.2) is 4.98 Å². The van der Waals surface area contributed by atoms with Crippen LogP contribution >= 0.6 is 15.9 Å². The Labute approximate surface area is 121 Å². The van der Waals surface area contributed by atoms with E-state index in [1.165, 1.54) is 0 Å². The zero-order valence-electron chi connectivity index (χ0n) is 10.9. The highest BCUT2D eigenvalue weighted by Gasteiger charge is 2.09.